The summed E-state index contributed by atoms with van der Waals surface area (Å²) < 4.78 is 32.9. The third-order valence-electron chi connectivity index (χ3n) is 4.24. The maximum Gasteiger partial charge on any atom is 0.341 e. The van der Waals surface area contributed by atoms with E-state index in [1.807, 2.05) is 0 Å². The third-order valence-corrected chi connectivity index (χ3v) is 4.24. The predicted octanol–water partition coefficient (Wildman–Crippen LogP) is 2.44. The fourth-order valence-electron chi connectivity index (χ4n) is 3.01. The van der Waals surface area contributed by atoms with E-state index in [2.05, 4.69) is 5.32 Å². The van der Waals surface area contributed by atoms with Gasteiger partial charge in [0.05, 0.1) is 0 Å². The van der Waals surface area contributed by atoms with Crippen molar-refractivity contribution in [3.8, 4) is 5.75 Å². The van der Waals surface area contributed by atoms with Crippen LogP contribution in [0.15, 0.2) is 42.5 Å². The molecule has 0 saturated carbocycles. The second kappa shape index (κ2) is 8.03. The SMILES string of the molecule is O=C(O)COc1cccc(C(=O)NC2CCN(c3c(F)cccc3F)C2)c1. The number of nitrogens with zero attached hydrogens (tertiary/aromatic N) is 1. The van der Waals surface area contributed by atoms with Gasteiger partial charge in [-0.1, -0.05) is 12.1 Å². The Labute approximate surface area is 154 Å². The van der Waals surface area contributed by atoms with Crippen molar-refractivity contribution >= 4 is 17.6 Å². The highest BCUT2D eigenvalue weighted by atomic mass is 19.1. The fraction of sp³-hybridized carbons (Fsp3) is 0.263. The molecule has 1 heterocycles. The summed E-state index contributed by atoms with van der Waals surface area (Å²) in [5, 5.41) is 11.5. The van der Waals surface area contributed by atoms with Crippen LogP contribution in [0.2, 0.25) is 0 Å². The van der Waals surface area contributed by atoms with E-state index in [0.717, 1.165) is 0 Å². The average Bonchev–Trinajstić information content (AvgIpc) is 3.08. The molecule has 1 atom stereocenters. The highest BCUT2D eigenvalue weighted by molar-refractivity contribution is 5.94. The molecule has 1 amide bonds. The van der Waals surface area contributed by atoms with Gasteiger partial charge < -0.3 is 20.1 Å². The normalized spacial score (nSPS) is 16.2. The van der Waals surface area contributed by atoms with Gasteiger partial charge in [-0.05, 0) is 36.8 Å². The molecule has 0 aliphatic carbocycles. The second-order valence-electron chi connectivity index (χ2n) is 6.19. The molecule has 142 valence electrons. The van der Waals surface area contributed by atoms with Crippen LogP contribution in [0.1, 0.15) is 16.8 Å². The van der Waals surface area contributed by atoms with Crippen LogP contribution < -0.4 is 15.0 Å². The van der Waals surface area contributed by atoms with Crippen molar-refractivity contribution in [3.63, 3.8) is 0 Å². The molecule has 2 aromatic carbocycles. The minimum absolute atomic E-state index is 0.0849. The third kappa shape index (κ3) is 4.52. The van der Waals surface area contributed by atoms with Gasteiger partial charge in [-0.3, -0.25) is 4.79 Å². The molecule has 1 saturated heterocycles. The van der Waals surface area contributed by atoms with E-state index >= 15 is 0 Å². The van der Waals surface area contributed by atoms with Gasteiger partial charge in [-0.2, -0.15) is 0 Å². The molecule has 2 N–H and O–H groups in total. The smallest absolute Gasteiger partial charge is 0.341 e. The van der Waals surface area contributed by atoms with Gasteiger partial charge in [0.25, 0.3) is 5.91 Å². The summed E-state index contributed by atoms with van der Waals surface area (Å²) in [4.78, 5) is 24.5. The molecule has 0 bridgehead atoms. The molecular weight excluding hydrogens is 358 g/mol. The number of nitrogens with one attached hydrogen (secondary N) is 1. The zero-order valence-electron chi connectivity index (χ0n) is 14.3. The first-order chi connectivity index (χ1) is 12.9. The van der Waals surface area contributed by atoms with E-state index < -0.39 is 24.2 Å². The van der Waals surface area contributed by atoms with Crippen LogP contribution in [0.3, 0.4) is 0 Å². The van der Waals surface area contributed by atoms with E-state index in [4.69, 9.17) is 9.84 Å². The first-order valence-corrected chi connectivity index (χ1v) is 8.38. The zero-order chi connectivity index (χ0) is 19.4. The highest BCUT2D eigenvalue weighted by Gasteiger charge is 2.28. The number of hydrogen-bond donors (Lipinski definition) is 2. The number of rotatable bonds is 6. The van der Waals surface area contributed by atoms with Crippen LogP contribution in [-0.4, -0.2) is 42.7 Å². The fourth-order valence-corrected chi connectivity index (χ4v) is 3.01. The topological polar surface area (TPSA) is 78.9 Å². The summed E-state index contributed by atoms with van der Waals surface area (Å²) in [6, 6.07) is 9.61. The molecule has 6 nitrogen and oxygen atoms in total. The molecule has 1 aliphatic rings. The zero-order valence-corrected chi connectivity index (χ0v) is 14.3. The molecular formula is C19H18F2N2O4. The lowest BCUT2D eigenvalue weighted by atomic mass is 10.1. The Hall–Kier alpha value is -3.16. The van der Waals surface area contributed by atoms with Gasteiger partial charge >= 0.3 is 5.97 Å². The average molecular weight is 376 g/mol. The van der Waals surface area contributed by atoms with Gasteiger partial charge in [0.2, 0.25) is 0 Å². The Morgan fingerprint density at radius 2 is 1.89 bits per heavy atom. The molecule has 1 fully saturated rings. The van der Waals surface area contributed by atoms with Crippen molar-refractivity contribution in [1.82, 2.24) is 5.32 Å². The summed E-state index contributed by atoms with van der Waals surface area (Å²) in [5.41, 5.74) is 0.228. The van der Waals surface area contributed by atoms with Gasteiger partial charge in [0, 0.05) is 24.7 Å². The van der Waals surface area contributed by atoms with Gasteiger partial charge in [0.1, 0.15) is 23.1 Å². The molecule has 2 aromatic rings. The molecule has 0 aromatic heterocycles. The van der Waals surface area contributed by atoms with Crippen molar-refractivity contribution in [2.75, 3.05) is 24.6 Å². The summed E-state index contributed by atoms with van der Waals surface area (Å²) in [6.07, 6.45) is 0.550. The van der Waals surface area contributed by atoms with Crippen LogP contribution in [0.5, 0.6) is 5.75 Å². The van der Waals surface area contributed by atoms with Crippen LogP contribution in [0.25, 0.3) is 0 Å². The predicted molar refractivity (Wildman–Crippen MR) is 94.0 cm³/mol. The minimum Gasteiger partial charge on any atom is -0.482 e. The number of anilines is 1. The summed E-state index contributed by atoms with van der Waals surface area (Å²) in [6.45, 7) is 0.209. The van der Waals surface area contributed by atoms with Crippen molar-refractivity contribution in [2.45, 2.75) is 12.5 Å². The van der Waals surface area contributed by atoms with Crippen LogP contribution in [-0.2, 0) is 4.79 Å². The molecule has 0 radical (unpaired) electrons. The Morgan fingerprint density at radius 3 is 2.59 bits per heavy atom. The first-order valence-electron chi connectivity index (χ1n) is 8.38. The quantitative estimate of drug-likeness (QED) is 0.810. The van der Waals surface area contributed by atoms with E-state index in [0.29, 0.717) is 25.1 Å². The van der Waals surface area contributed by atoms with Crippen molar-refractivity contribution < 1.29 is 28.2 Å². The van der Waals surface area contributed by atoms with Gasteiger partial charge in [-0.15, -0.1) is 0 Å². The molecule has 0 spiro atoms. The number of amides is 1. The maximum atomic E-state index is 13.9. The lowest BCUT2D eigenvalue weighted by Crippen LogP contribution is -2.37. The highest BCUT2D eigenvalue weighted by Crippen LogP contribution is 2.27. The second-order valence-corrected chi connectivity index (χ2v) is 6.19. The van der Waals surface area contributed by atoms with E-state index in [-0.39, 0.29) is 23.4 Å². The van der Waals surface area contributed by atoms with Gasteiger partial charge in [-0.25, -0.2) is 13.6 Å². The largest absolute Gasteiger partial charge is 0.482 e. The number of carboxylic acid groups (broad SMARTS) is 1. The Morgan fingerprint density at radius 1 is 1.19 bits per heavy atom. The Bertz CT molecular complexity index is 839. The Kier molecular flexibility index (Phi) is 5.54. The van der Waals surface area contributed by atoms with Crippen molar-refractivity contribution in [2.24, 2.45) is 0 Å². The Balaban J connectivity index is 1.62. The number of carbonyl (C=O) groups excluding carboxylic acids is 1. The maximum absolute atomic E-state index is 13.9. The minimum atomic E-state index is -1.11. The van der Waals surface area contributed by atoms with Crippen molar-refractivity contribution in [3.05, 3.63) is 59.7 Å². The summed E-state index contributed by atoms with van der Waals surface area (Å²) in [5.74, 6) is -2.48. The number of hydrogen-bond acceptors (Lipinski definition) is 4. The van der Waals surface area contributed by atoms with Crippen LogP contribution in [0, 0.1) is 11.6 Å². The monoisotopic (exact) mass is 376 g/mol. The molecule has 1 aliphatic heterocycles. The van der Waals surface area contributed by atoms with Crippen LogP contribution >= 0.6 is 0 Å². The number of ether oxygens (including phenoxy) is 1. The standard InChI is InChI=1S/C19H18F2N2O4/c20-15-5-2-6-16(21)18(15)23-8-7-13(10-23)22-19(26)12-3-1-4-14(9-12)27-11-17(24)25/h1-6,9,13H,7-8,10-11H2,(H,22,26)(H,24,25). The number of carbonyl (C=O) groups is 2. The van der Waals surface area contributed by atoms with Crippen LogP contribution in [0.4, 0.5) is 14.5 Å². The molecule has 27 heavy (non-hydrogen) atoms. The lowest BCUT2D eigenvalue weighted by molar-refractivity contribution is -0.139. The van der Waals surface area contributed by atoms with E-state index in [1.54, 1.807) is 23.1 Å². The molecule has 3 rings (SSSR count). The van der Waals surface area contributed by atoms with Gasteiger partial charge in [0.15, 0.2) is 6.61 Å². The lowest BCUT2D eigenvalue weighted by Gasteiger charge is -2.20. The number of halogens is 2. The number of aliphatic carboxylic acids is 1. The molecule has 1 unspecified atom stereocenters. The van der Waals surface area contributed by atoms with Crippen molar-refractivity contribution in [1.29, 1.82) is 0 Å². The first kappa shape index (κ1) is 18.6. The summed E-state index contributed by atoms with van der Waals surface area (Å²) in [7, 11) is 0. The molecule has 8 heteroatoms. The number of carboxylic acids is 1. The van der Waals surface area contributed by atoms with E-state index in [1.165, 1.54) is 24.3 Å². The number of para-hydroxylation sites is 1. The number of benzene rings is 2. The summed E-state index contributed by atoms with van der Waals surface area (Å²) >= 11 is 0. The van der Waals surface area contributed by atoms with E-state index in [9.17, 15) is 18.4 Å².